The van der Waals surface area contributed by atoms with Crippen LogP contribution in [0.1, 0.15) is 33.4 Å². The van der Waals surface area contributed by atoms with Crippen LogP contribution < -0.4 is 0 Å². The minimum Gasteiger partial charge on any atom is -0.0622 e. The van der Waals surface area contributed by atoms with Gasteiger partial charge in [-0.05, 0) is 263 Å². The summed E-state index contributed by atoms with van der Waals surface area (Å²) in [5.74, 6) is 0. The van der Waals surface area contributed by atoms with Gasteiger partial charge in [0, 0.05) is 0 Å². The Morgan fingerprint density at radius 3 is 1.00 bits per heavy atom. The van der Waals surface area contributed by atoms with E-state index in [1.807, 2.05) is 0 Å². The van der Waals surface area contributed by atoms with Crippen molar-refractivity contribution in [1.82, 2.24) is 0 Å². The van der Waals surface area contributed by atoms with E-state index in [4.69, 9.17) is 0 Å². The average molecular weight is 963 g/mol. The van der Waals surface area contributed by atoms with Gasteiger partial charge in [-0.1, -0.05) is 181 Å². The lowest BCUT2D eigenvalue weighted by atomic mass is 9.81. The highest BCUT2D eigenvalue weighted by atomic mass is 14.4. The van der Waals surface area contributed by atoms with E-state index in [-0.39, 0.29) is 0 Å². The van der Waals surface area contributed by atoms with Gasteiger partial charge in [0.15, 0.2) is 0 Å². The van der Waals surface area contributed by atoms with Crippen LogP contribution in [0.2, 0.25) is 0 Å². The molecule has 0 amide bonds. The minimum absolute atomic E-state index is 1.25. The normalized spacial score (nSPS) is 12.6. The summed E-state index contributed by atoms with van der Waals surface area (Å²) in [6.45, 7) is 13.7. The number of aryl methyl sites for hydroxylation is 6. The van der Waals surface area contributed by atoms with Gasteiger partial charge in [0.25, 0.3) is 0 Å². The standard InChI is InChI=1S/C76H50/c1-39-17-21-45(22-18-39)49-35-51-36-50(46-23-19-40(2)20-24-46)38-63-53-26-28-55-65-44(6)67-57-30-32-59-74-58(31-29-56(73(57)74)66(67)43(5)64(65)54-27-25-52(71(53)72(54)55)62(37-49)68(51)63)75-69(47-13-9-7-10-14-47)60-33-41(3)42(4)34-61(60)70(76(59)75)48-15-11-8-12-16-48/h7-38H,1-6H3. The zero-order valence-corrected chi connectivity index (χ0v) is 43.5. The maximum atomic E-state index is 2.48. The molecule has 0 radical (unpaired) electrons. The molecule has 0 aromatic heterocycles. The molecule has 0 saturated heterocycles. The lowest BCUT2D eigenvalue weighted by Crippen LogP contribution is -1.95. The Balaban J connectivity index is 0.979. The third-order valence-corrected chi connectivity index (χ3v) is 18.4. The molecule has 0 atom stereocenters. The Labute approximate surface area is 441 Å². The molecular formula is C76H50. The molecule has 0 unspecified atom stereocenters. The summed E-state index contributed by atoms with van der Waals surface area (Å²) < 4.78 is 0. The predicted molar refractivity (Wildman–Crippen MR) is 330 cm³/mol. The van der Waals surface area contributed by atoms with Crippen molar-refractivity contribution in [1.29, 1.82) is 0 Å². The Bertz CT molecular complexity index is 4890. The number of benzene rings is 14. The van der Waals surface area contributed by atoms with Crippen LogP contribution in [-0.4, -0.2) is 0 Å². The van der Waals surface area contributed by atoms with E-state index in [0.717, 1.165) is 0 Å². The first-order valence-electron chi connectivity index (χ1n) is 27.1. The molecule has 354 valence electrons. The Hall–Kier alpha value is -9.10. The quantitative estimate of drug-likeness (QED) is 0.122. The monoisotopic (exact) mass is 962 g/mol. The van der Waals surface area contributed by atoms with Gasteiger partial charge in [-0.2, -0.15) is 0 Å². The predicted octanol–water partition coefficient (Wildman–Crippen LogP) is 21.7. The minimum atomic E-state index is 1.25. The molecule has 0 nitrogen and oxygen atoms in total. The van der Waals surface area contributed by atoms with Crippen molar-refractivity contribution in [2.75, 3.05) is 0 Å². The molecule has 0 N–H and O–H groups in total. The molecule has 1 aliphatic carbocycles. The van der Waals surface area contributed by atoms with Crippen molar-refractivity contribution < 1.29 is 0 Å². The molecular weight excluding hydrogens is 913 g/mol. The van der Waals surface area contributed by atoms with E-state index in [1.54, 1.807) is 0 Å². The van der Waals surface area contributed by atoms with E-state index < -0.39 is 0 Å². The second kappa shape index (κ2) is 14.8. The third-order valence-electron chi connectivity index (χ3n) is 18.4. The van der Waals surface area contributed by atoms with Gasteiger partial charge in [0.2, 0.25) is 0 Å². The zero-order chi connectivity index (χ0) is 50.6. The molecule has 0 bridgehead atoms. The van der Waals surface area contributed by atoms with Gasteiger partial charge >= 0.3 is 0 Å². The zero-order valence-electron chi connectivity index (χ0n) is 43.5. The van der Waals surface area contributed by atoms with Gasteiger partial charge in [0.1, 0.15) is 0 Å². The van der Waals surface area contributed by atoms with Gasteiger partial charge in [0.05, 0.1) is 0 Å². The fourth-order valence-corrected chi connectivity index (χ4v) is 14.9. The Morgan fingerprint density at radius 1 is 0.211 bits per heavy atom. The summed E-state index contributed by atoms with van der Waals surface area (Å²) in [6, 6.07) is 75.0. The second-order valence-electron chi connectivity index (χ2n) is 22.5. The van der Waals surface area contributed by atoms with E-state index in [9.17, 15) is 0 Å². The SMILES string of the molecule is Cc1ccc(-c2cc3cc(-c4ccc(C)cc4)cc4c5ccc6c7c(C)c8c9ccc%10c%11c(ccc(c8c(C)c7c7ccc(c(c2)c34)c5c76)c%119)-c2c-%10c(-c3ccccc3)c3cc(C)c(C)cc3c2-c2ccccc2)cc1. The Kier molecular flexibility index (Phi) is 8.24. The number of fused-ring (bicyclic) bond motifs is 12. The molecule has 1 aliphatic rings. The fraction of sp³-hybridized carbons (Fsp3) is 0.0789. The first-order valence-corrected chi connectivity index (χ1v) is 27.1. The highest BCUT2D eigenvalue weighted by Gasteiger charge is 2.34. The molecule has 16 aromatic rings. The fourth-order valence-electron chi connectivity index (χ4n) is 14.9. The topological polar surface area (TPSA) is 0 Å². The molecule has 16 aromatic carbocycles. The van der Waals surface area contributed by atoms with Crippen molar-refractivity contribution >= 4 is 108 Å². The van der Waals surface area contributed by atoms with Crippen molar-refractivity contribution in [3.05, 3.63) is 228 Å². The van der Waals surface area contributed by atoms with Gasteiger partial charge in [-0.25, -0.2) is 0 Å². The summed E-state index contributed by atoms with van der Waals surface area (Å²) in [7, 11) is 0. The molecule has 0 spiro atoms. The Morgan fingerprint density at radius 2 is 0.579 bits per heavy atom. The van der Waals surface area contributed by atoms with Gasteiger partial charge in [-0.3, -0.25) is 0 Å². The van der Waals surface area contributed by atoms with Crippen LogP contribution in [0.4, 0.5) is 0 Å². The molecule has 0 saturated carbocycles. The highest BCUT2D eigenvalue weighted by molar-refractivity contribution is 6.46. The lowest BCUT2D eigenvalue weighted by molar-refractivity contribution is 1.37. The van der Waals surface area contributed by atoms with Crippen LogP contribution >= 0.6 is 0 Å². The molecule has 0 heteroatoms. The number of hydrogen-bond acceptors (Lipinski definition) is 0. The summed E-state index contributed by atoms with van der Waals surface area (Å²) in [5.41, 5.74) is 23.5. The molecule has 17 rings (SSSR count). The first kappa shape index (κ1) is 42.3. The third kappa shape index (κ3) is 5.33. The summed E-state index contributed by atoms with van der Waals surface area (Å²) >= 11 is 0. The lowest BCUT2D eigenvalue weighted by Gasteiger charge is -2.21. The largest absolute Gasteiger partial charge is 0.0622 e. The van der Waals surface area contributed by atoms with E-state index in [2.05, 4.69) is 236 Å². The molecule has 0 heterocycles. The summed E-state index contributed by atoms with van der Waals surface area (Å²) in [4.78, 5) is 0. The van der Waals surface area contributed by atoms with Gasteiger partial charge in [-0.15, -0.1) is 0 Å². The van der Waals surface area contributed by atoms with E-state index >= 15 is 0 Å². The maximum Gasteiger partial charge on any atom is -0.000740 e. The van der Waals surface area contributed by atoms with Gasteiger partial charge < -0.3 is 0 Å². The maximum absolute atomic E-state index is 2.48. The smallest absolute Gasteiger partial charge is 0.000740 e. The highest BCUT2D eigenvalue weighted by Crippen LogP contribution is 2.61. The van der Waals surface area contributed by atoms with Crippen LogP contribution in [-0.2, 0) is 0 Å². The van der Waals surface area contributed by atoms with Crippen LogP contribution in [0, 0.1) is 41.5 Å². The van der Waals surface area contributed by atoms with Crippen LogP contribution in [0.25, 0.3) is 174 Å². The average Bonchev–Trinajstić information content (AvgIpc) is 4.28. The molecule has 0 aliphatic heterocycles. The first-order chi connectivity index (χ1) is 37.2. The second-order valence-corrected chi connectivity index (χ2v) is 22.5. The van der Waals surface area contributed by atoms with Crippen LogP contribution in [0.3, 0.4) is 0 Å². The van der Waals surface area contributed by atoms with Crippen molar-refractivity contribution in [2.24, 2.45) is 0 Å². The summed E-state index contributed by atoms with van der Waals surface area (Å²) in [5, 5.41) is 27.1. The molecule has 0 fully saturated rings. The van der Waals surface area contributed by atoms with Crippen molar-refractivity contribution in [3.8, 4) is 66.8 Å². The van der Waals surface area contributed by atoms with Crippen molar-refractivity contribution in [2.45, 2.75) is 41.5 Å². The molecule has 76 heavy (non-hydrogen) atoms. The number of rotatable bonds is 4. The van der Waals surface area contributed by atoms with Crippen LogP contribution in [0.15, 0.2) is 194 Å². The number of hydrogen-bond donors (Lipinski definition) is 0. The van der Waals surface area contributed by atoms with E-state index in [1.165, 1.54) is 208 Å². The van der Waals surface area contributed by atoms with Crippen LogP contribution in [0.5, 0.6) is 0 Å². The van der Waals surface area contributed by atoms with Crippen molar-refractivity contribution in [3.63, 3.8) is 0 Å². The summed E-state index contributed by atoms with van der Waals surface area (Å²) in [6.07, 6.45) is 0. The van der Waals surface area contributed by atoms with E-state index in [0.29, 0.717) is 0 Å².